The molecule has 0 saturated carbocycles. The Morgan fingerprint density at radius 1 is 0.317 bits per heavy atom. The van der Waals surface area contributed by atoms with E-state index in [1.54, 1.807) is 159 Å². The number of carbonyl (C=O) groups is 17. The number of ketones is 8. The van der Waals surface area contributed by atoms with Crippen LogP contribution >= 0.6 is 0 Å². The van der Waals surface area contributed by atoms with Gasteiger partial charge in [0.05, 0.1) is 94.1 Å². The van der Waals surface area contributed by atoms with Crippen molar-refractivity contribution in [1.82, 2.24) is 91.9 Å². The smallest absolute Gasteiger partial charge is 0.291 e. The van der Waals surface area contributed by atoms with Crippen LogP contribution in [0.2, 0.25) is 0 Å². The second-order valence-corrected chi connectivity index (χ2v) is 35.8. The molecule has 9 amide bonds. The van der Waals surface area contributed by atoms with E-state index < -0.39 is 29.5 Å². The van der Waals surface area contributed by atoms with Crippen LogP contribution in [0.15, 0.2) is 92.3 Å². The molecular weight excluding hydrogens is 1870 g/mol. The third-order valence-corrected chi connectivity index (χ3v) is 22.8. The van der Waals surface area contributed by atoms with E-state index in [1.165, 1.54) is 73.8 Å². The number of imidazole rings is 5. The molecule has 145 heavy (non-hydrogen) atoms. The summed E-state index contributed by atoms with van der Waals surface area (Å²) >= 11 is 0. The van der Waals surface area contributed by atoms with Gasteiger partial charge in [-0.05, 0) is 92.0 Å². The SMILES string of the molecule is CCC(=O)CCCC[NH+](C)C.CCCC(=O)c1cc(CC(=O)c2nc(CC(=O)c3nc(CC(=O)CCCC(=O)c4cc(CC(=O)c5nc(NC(=O)CCCCCNC(=O)c6cc(NC(=O)c7nc(NC(=O)CCNC(=O)c8cc(NC(=O)c9cc(CC(=O)c%10nc(NC(C)=O)cn%10C)cn9C)cn8C)cn7C)cn6C)cn5C)cn4C)cn3C)cn2C)cn1C.CCCNC(=O)CCNC(=O)CCOCCOCCN. The van der Waals surface area contributed by atoms with Gasteiger partial charge in [0.15, 0.2) is 52.3 Å². The maximum Gasteiger partial charge on any atom is 0.291 e. The second-order valence-electron chi connectivity index (χ2n) is 35.8. The van der Waals surface area contributed by atoms with E-state index in [-0.39, 0.29) is 205 Å². The number of aryl methyl sites for hydroxylation is 10. The van der Waals surface area contributed by atoms with E-state index in [2.05, 4.69) is 86.9 Å². The van der Waals surface area contributed by atoms with Crippen molar-refractivity contribution in [1.29, 1.82) is 0 Å². The number of aromatic nitrogens is 15. The quantitative estimate of drug-likeness (QED) is 0.0160. The summed E-state index contributed by atoms with van der Waals surface area (Å²) in [6.07, 6.45) is 24.0. The Morgan fingerprint density at radius 3 is 1.26 bits per heavy atom. The molecule has 10 aromatic rings. The number of ether oxygens (including phenoxy) is 2. The molecule has 10 rings (SSSR count). The molecule has 45 nitrogen and oxygen atoms in total. The molecule has 0 bridgehead atoms. The van der Waals surface area contributed by atoms with Crippen molar-refractivity contribution in [3.05, 3.63) is 178 Å². The van der Waals surface area contributed by atoms with Crippen LogP contribution in [0.5, 0.6) is 0 Å². The van der Waals surface area contributed by atoms with Crippen LogP contribution < -0.4 is 58.5 Å². The Hall–Kier alpha value is -15.1. The van der Waals surface area contributed by atoms with Gasteiger partial charge in [-0.15, -0.1) is 0 Å². The predicted molar refractivity (Wildman–Crippen MR) is 540 cm³/mol. The number of hydrogen-bond donors (Lipinski definition) is 11. The number of carbonyl (C=O) groups excluding carboxylic acids is 17. The lowest BCUT2D eigenvalue weighted by Gasteiger charge is -2.07. The first-order valence-electron chi connectivity index (χ1n) is 48.4. The third kappa shape index (κ3) is 37.0. The van der Waals surface area contributed by atoms with Gasteiger partial charge in [-0.3, -0.25) is 81.5 Å². The first kappa shape index (κ1) is 115. The number of anilines is 5. The molecular formula is C100H139N26O19+. The van der Waals surface area contributed by atoms with Gasteiger partial charge >= 0.3 is 0 Å². The molecule has 0 aliphatic rings. The molecule has 0 fully saturated rings. The number of amides is 9. The lowest BCUT2D eigenvalue weighted by atomic mass is 10.1. The van der Waals surface area contributed by atoms with E-state index in [1.807, 2.05) is 20.8 Å². The molecule has 0 aliphatic carbocycles. The summed E-state index contributed by atoms with van der Waals surface area (Å²) in [5.74, 6) is -3.66. The van der Waals surface area contributed by atoms with Crippen LogP contribution in [0.4, 0.5) is 28.8 Å². The summed E-state index contributed by atoms with van der Waals surface area (Å²) < 4.78 is 25.8. The summed E-state index contributed by atoms with van der Waals surface area (Å²) in [5, 5.41) is 24.4. The van der Waals surface area contributed by atoms with Crippen molar-refractivity contribution in [2.45, 2.75) is 169 Å². The van der Waals surface area contributed by atoms with E-state index in [0.29, 0.717) is 154 Å². The van der Waals surface area contributed by atoms with Crippen LogP contribution in [-0.2, 0) is 146 Å². The largest absolute Gasteiger partial charge is 0.379 e. The highest BCUT2D eigenvalue weighted by Gasteiger charge is 2.28. The van der Waals surface area contributed by atoms with Crippen LogP contribution in [0, 0.1) is 0 Å². The van der Waals surface area contributed by atoms with Gasteiger partial charge in [0.1, 0.15) is 28.6 Å². The number of unbranched alkanes of at least 4 members (excludes halogenated alkanes) is 3. The standard InChI is InChI=1S/C78H92N22O14.C13H27N3O4.C9H19NO/c1-13-18-59(103)54-25-46(35-91(54)3)28-61(105)70-83-52(41-97(70)9)34-64(108)71-82-49(40-96(71)8)31-53(102)19-17-20-60(104)55-26-47(36-92(55)4)29-62(106)73-89-66(43-99(73)11)86-68(109)21-15-14-16-23-79-75(111)57-33-51(39-95(57)7)85-78(114)74-90-67(44-100(74)12)87-69(110)22-24-80-76(112)58-32-50(38-94(58)6)84-77(113)56-27-48(37-93(56)5)30-63(107)72-88-65(42-98(72)10)81-45(2)101;1-2-6-15-12(17)3-7-16-13(18)4-8-19-10-11-20-9-5-14;1-4-9(11)7-5-6-8-10(2)3/h25-27,32-33,35-44H,13-24,28-31,34H2,1-12H3,(H,79,111)(H,80,112)(H,81,101)(H,84,113)(H,85,114)(H,86,109)(H,87,110);2-11,14H2,1H3,(H,15,17)(H,16,18);4-8H2,1-3H3/p+1. The van der Waals surface area contributed by atoms with E-state index >= 15 is 0 Å². The van der Waals surface area contributed by atoms with Gasteiger partial charge in [0, 0.05) is 249 Å². The summed E-state index contributed by atoms with van der Waals surface area (Å²) in [7, 11) is 20.8. The van der Waals surface area contributed by atoms with Crippen molar-refractivity contribution in [3.8, 4) is 0 Å². The third-order valence-electron chi connectivity index (χ3n) is 22.8. The number of nitrogens with zero attached hydrogens (tertiary/aromatic N) is 15. The fraction of sp³-hybridized carbons (Fsp3) is 0.480. The van der Waals surface area contributed by atoms with Crippen molar-refractivity contribution in [3.63, 3.8) is 0 Å². The van der Waals surface area contributed by atoms with E-state index in [0.717, 1.165) is 19.3 Å². The van der Waals surface area contributed by atoms with Gasteiger partial charge in [0.2, 0.25) is 58.5 Å². The zero-order valence-electron chi connectivity index (χ0n) is 85.8. The molecule has 0 spiro atoms. The summed E-state index contributed by atoms with van der Waals surface area (Å²) in [6, 6.07) is 7.90. The van der Waals surface area contributed by atoms with Crippen LogP contribution in [0.1, 0.15) is 270 Å². The predicted octanol–water partition coefficient (Wildman–Crippen LogP) is 5.73. The molecule has 0 radical (unpaired) electrons. The summed E-state index contributed by atoms with van der Waals surface area (Å²) in [4.78, 5) is 240. The molecule has 782 valence electrons. The number of nitrogens with two attached hydrogens (primary N) is 1. The van der Waals surface area contributed by atoms with E-state index in [9.17, 15) is 81.5 Å². The number of quaternary nitrogens is 1. The minimum absolute atomic E-state index is 0.00367. The molecule has 10 aromatic heterocycles. The minimum Gasteiger partial charge on any atom is -0.379 e. The van der Waals surface area contributed by atoms with Crippen molar-refractivity contribution >= 4 is 128 Å². The van der Waals surface area contributed by atoms with E-state index in [4.69, 9.17) is 15.2 Å². The topological polar surface area (TPSA) is 561 Å². The molecule has 0 aliphatic heterocycles. The van der Waals surface area contributed by atoms with Crippen LogP contribution in [0.25, 0.3) is 0 Å². The Bertz CT molecular complexity index is 6240. The summed E-state index contributed by atoms with van der Waals surface area (Å²) in [5.41, 5.74) is 10.0. The number of nitrogens with one attached hydrogen (secondary N) is 10. The average molecular weight is 2010 g/mol. The Balaban J connectivity index is 0.000000708. The molecule has 0 unspecified atom stereocenters. The highest BCUT2D eigenvalue weighted by molar-refractivity contribution is 6.07. The fourth-order valence-corrected chi connectivity index (χ4v) is 15.5. The average Bonchev–Trinajstić information content (AvgIpc) is 1.68. The fourth-order valence-electron chi connectivity index (χ4n) is 15.5. The summed E-state index contributed by atoms with van der Waals surface area (Å²) in [6.45, 7) is 11.9. The van der Waals surface area contributed by atoms with Gasteiger partial charge in [-0.1, -0.05) is 27.2 Å². The molecule has 45 heteroatoms. The van der Waals surface area contributed by atoms with Gasteiger partial charge < -0.3 is 114 Å². The zero-order valence-corrected chi connectivity index (χ0v) is 85.8. The Kier molecular flexibility index (Phi) is 45.5. The first-order valence-corrected chi connectivity index (χ1v) is 48.4. The molecule has 12 N–H and O–H groups in total. The van der Waals surface area contributed by atoms with Crippen molar-refractivity contribution in [2.75, 3.05) is 106 Å². The number of rotatable bonds is 59. The van der Waals surface area contributed by atoms with Crippen molar-refractivity contribution in [2.24, 2.45) is 76.2 Å². The van der Waals surface area contributed by atoms with Crippen LogP contribution in [-0.4, -0.2) is 250 Å². The molecule has 0 atom stereocenters. The van der Waals surface area contributed by atoms with Crippen LogP contribution in [0.3, 0.4) is 0 Å². The molecule has 0 aromatic carbocycles. The first-order chi connectivity index (χ1) is 69.0. The van der Waals surface area contributed by atoms with Gasteiger partial charge in [0.25, 0.3) is 23.6 Å². The highest BCUT2D eigenvalue weighted by Crippen LogP contribution is 2.24. The highest BCUT2D eigenvalue weighted by atomic mass is 16.5. The monoisotopic (exact) mass is 2010 g/mol. The Morgan fingerprint density at radius 2 is 0.731 bits per heavy atom. The number of Topliss-reactive ketones (excluding diaryl/α,β-unsaturated/α-hetero) is 8. The van der Waals surface area contributed by atoms with Gasteiger partial charge in [-0.25, -0.2) is 24.9 Å². The van der Waals surface area contributed by atoms with Gasteiger partial charge in [-0.2, -0.15) is 0 Å². The molecule has 10 heterocycles. The lowest BCUT2D eigenvalue weighted by Crippen LogP contribution is -3.05. The zero-order chi connectivity index (χ0) is 106. The Labute approximate surface area is 841 Å². The normalized spacial score (nSPS) is 11.0. The lowest BCUT2D eigenvalue weighted by molar-refractivity contribution is -0.858. The van der Waals surface area contributed by atoms with Crippen molar-refractivity contribution < 1.29 is 95.9 Å². The maximum absolute atomic E-state index is 13.5. The second kappa shape index (κ2) is 57.2. The minimum atomic E-state index is -0.627. The maximum atomic E-state index is 13.5. The number of hydrogen-bond acceptors (Lipinski definition) is 25. The molecule has 0 saturated heterocycles.